The second-order valence-electron chi connectivity index (χ2n) is 10.9. The molecule has 0 amide bonds. The second kappa shape index (κ2) is 15.0. The first-order valence-electron chi connectivity index (χ1n) is 16.4. The van der Waals surface area contributed by atoms with Crippen LogP contribution < -0.4 is 5.19 Å². The molecular weight excluding hydrogens is 717 g/mol. The summed E-state index contributed by atoms with van der Waals surface area (Å²) in [4.78, 5) is 9.07. The Balaban J connectivity index is 0.000000222. The first-order valence-corrected chi connectivity index (χ1v) is 17.4. The summed E-state index contributed by atoms with van der Waals surface area (Å²) in [5, 5.41) is 1.31. The monoisotopic (exact) mass is 758 g/mol. The van der Waals surface area contributed by atoms with Crippen LogP contribution in [0.15, 0.2) is 134 Å². The maximum absolute atomic E-state index is 8.89. The smallest absolute Gasteiger partial charge is 0.0795 e. The van der Waals surface area contributed by atoms with Crippen molar-refractivity contribution in [1.29, 1.82) is 0 Å². The molecule has 0 saturated carbocycles. The fourth-order valence-corrected chi connectivity index (χ4v) is 5.40. The zero-order valence-electron chi connectivity index (χ0n) is 29.4. The van der Waals surface area contributed by atoms with E-state index in [0.29, 0.717) is 22.4 Å². The third-order valence-electron chi connectivity index (χ3n) is 6.74. The maximum Gasteiger partial charge on any atom is 0.0795 e. The van der Waals surface area contributed by atoms with E-state index in [1.807, 2.05) is 103 Å². The molecule has 2 aromatic heterocycles. The van der Waals surface area contributed by atoms with E-state index in [2.05, 4.69) is 47.8 Å². The molecule has 0 unspecified atom stereocenters. The number of hydrogen-bond acceptors (Lipinski definition) is 2. The topological polar surface area (TPSA) is 25.8 Å². The molecule has 2 heterocycles. The van der Waals surface area contributed by atoms with Crippen molar-refractivity contribution in [3.05, 3.63) is 163 Å². The molecular formula is C39H36IrN2Si-2. The van der Waals surface area contributed by atoms with Crippen LogP contribution in [-0.4, -0.2) is 18.0 Å². The first-order chi connectivity index (χ1) is 22.3. The zero-order valence-corrected chi connectivity index (χ0v) is 27.8. The van der Waals surface area contributed by atoms with Gasteiger partial charge in [-0.1, -0.05) is 105 Å². The van der Waals surface area contributed by atoms with Crippen LogP contribution >= 0.6 is 0 Å². The minimum Gasteiger partial charge on any atom is -0.305 e. The van der Waals surface area contributed by atoms with Gasteiger partial charge in [0.15, 0.2) is 0 Å². The van der Waals surface area contributed by atoms with Gasteiger partial charge in [-0.05, 0) is 39.6 Å². The third-order valence-corrected chi connectivity index (χ3v) is 8.77. The van der Waals surface area contributed by atoms with Gasteiger partial charge in [0.1, 0.15) is 0 Å². The molecule has 6 aromatic rings. The van der Waals surface area contributed by atoms with Crippen molar-refractivity contribution in [3.8, 4) is 33.6 Å². The summed E-state index contributed by atoms with van der Waals surface area (Å²) in [5.41, 5.74) is 6.47. The Morgan fingerprint density at radius 2 is 1.42 bits per heavy atom. The van der Waals surface area contributed by atoms with Crippen LogP contribution in [0.4, 0.5) is 0 Å². The molecule has 6 rings (SSSR count). The summed E-state index contributed by atoms with van der Waals surface area (Å²) in [7, 11) is -1.34. The summed E-state index contributed by atoms with van der Waals surface area (Å²) < 4.78 is 39.8. The number of nitrogens with zero attached hydrogens (tertiary/aromatic N) is 2. The normalized spacial score (nSPS) is 13.0. The SMILES string of the molecule is [2H]C([2H])([2H])c1c[c-]c(-c2ccc([Si](C)(C)C)cn2)cc1.[2H]C([2H])(c1ccccc1)c1cc(-c2[c-]cccc2)ncc1-c1ccccc1.[Ir]. The third kappa shape index (κ3) is 8.78. The molecule has 0 aliphatic rings. The number of hydrogen-bond donors (Lipinski definition) is 0. The van der Waals surface area contributed by atoms with Crippen LogP contribution in [0.2, 0.25) is 19.6 Å². The minimum atomic E-state index is -2.08. The fourth-order valence-electron chi connectivity index (χ4n) is 4.36. The van der Waals surface area contributed by atoms with E-state index in [1.165, 1.54) is 11.3 Å². The molecule has 0 aliphatic heterocycles. The van der Waals surface area contributed by atoms with Crippen LogP contribution in [0.25, 0.3) is 33.6 Å². The van der Waals surface area contributed by atoms with Gasteiger partial charge in [0, 0.05) is 44.9 Å². The molecule has 0 N–H and O–H groups in total. The molecule has 0 aliphatic carbocycles. The van der Waals surface area contributed by atoms with Crippen molar-refractivity contribution in [1.82, 2.24) is 9.97 Å². The van der Waals surface area contributed by atoms with Gasteiger partial charge in [0.25, 0.3) is 0 Å². The molecule has 0 atom stereocenters. The quantitative estimate of drug-likeness (QED) is 0.125. The zero-order chi connectivity index (χ0) is 33.7. The van der Waals surface area contributed by atoms with Crippen molar-refractivity contribution in [2.45, 2.75) is 32.9 Å². The predicted octanol–water partition coefficient (Wildman–Crippen LogP) is 9.21. The number of rotatable bonds is 6. The Bertz CT molecular complexity index is 1840. The summed E-state index contributed by atoms with van der Waals surface area (Å²) in [6.07, 6.45) is 2.04. The van der Waals surface area contributed by atoms with E-state index in [-0.39, 0.29) is 20.1 Å². The van der Waals surface area contributed by atoms with E-state index in [0.717, 1.165) is 27.9 Å². The Morgan fingerprint density at radius 1 is 0.721 bits per heavy atom. The molecule has 43 heavy (non-hydrogen) atoms. The summed E-state index contributed by atoms with van der Waals surface area (Å²) >= 11 is 0. The number of pyridine rings is 2. The predicted molar refractivity (Wildman–Crippen MR) is 179 cm³/mol. The van der Waals surface area contributed by atoms with Crippen LogP contribution in [0.1, 0.15) is 23.5 Å². The molecule has 0 bridgehead atoms. The Labute approximate surface area is 278 Å². The van der Waals surface area contributed by atoms with Crippen molar-refractivity contribution >= 4 is 13.3 Å². The van der Waals surface area contributed by atoms with E-state index in [9.17, 15) is 0 Å². The molecule has 217 valence electrons. The van der Waals surface area contributed by atoms with E-state index in [4.69, 9.17) is 6.85 Å². The Morgan fingerprint density at radius 3 is 2.02 bits per heavy atom. The first kappa shape index (κ1) is 25.5. The van der Waals surface area contributed by atoms with Crippen LogP contribution in [0, 0.1) is 19.0 Å². The number of benzene rings is 4. The average molecular weight is 758 g/mol. The largest absolute Gasteiger partial charge is 0.305 e. The van der Waals surface area contributed by atoms with Crippen LogP contribution in [-0.2, 0) is 26.5 Å². The number of aryl methyl sites for hydroxylation is 1. The van der Waals surface area contributed by atoms with Gasteiger partial charge in [0.2, 0.25) is 0 Å². The molecule has 4 heteroatoms. The van der Waals surface area contributed by atoms with E-state index < -0.39 is 21.3 Å². The van der Waals surface area contributed by atoms with Crippen LogP contribution in [0.3, 0.4) is 0 Å². The standard InChI is InChI=1S/C24H18N.C15H18NSi.Ir/c1-4-10-19(11-5-1)16-22-17-24(21-14-8-3-9-15-21)25-18-23(22)20-12-6-2-7-13-20;1-12-5-7-13(8-6-12)15-10-9-14(11-16-15)17(2,3)4;/h1-14,17-18H,16H2;5-7,9-11H,1-4H3;/q2*-1;/i16D2;1D3;. The fraction of sp³-hybridized carbons (Fsp3) is 0.128. The molecule has 0 fully saturated rings. The summed E-state index contributed by atoms with van der Waals surface area (Å²) in [6.45, 7) is 4.76. The van der Waals surface area contributed by atoms with Crippen molar-refractivity contribution < 1.29 is 27.0 Å². The Kier molecular flexibility index (Phi) is 8.89. The van der Waals surface area contributed by atoms with E-state index in [1.54, 1.807) is 18.3 Å². The molecule has 0 spiro atoms. The van der Waals surface area contributed by atoms with Crippen molar-refractivity contribution in [3.63, 3.8) is 0 Å². The molecule has 4 aromatic carbocycles. The molecule has 0 saturated heterocycles. The van der Waals surface area contributed by atoms with Gasteiger partial charge in [0.05, 0.1) is 8.07 Å². The van der Waals surface area contributed by atoms with Gasteiger partial charge >= 0.3 is 0 Å². The van der Waals surface area contributed by atoms with Crippen molar-refractivity contribution in [2.75, 3.05) is 0 Å². The van der Waals surface area contributed by atoms with Gasteiger partial charge in [-0.15, -0.1) is 71.3 Å². The minimum absolute atomic E-state index is 0. The maximum atomic E-state index is 8.89. The summed E-state index contributed by atoms with van der Waals surface area (Å²) in [6, 6.07) is 43.7. The van der Waals surface area contributed by atoms with Crippen LogP contribution in [0.5, 0.6) is 0 Å². The van der Waals surface area contributed by atoms with Gasteiger partial charge < -0.3 is 9.97 Å². The van der Waals surface area contributed by atoms with Gasteiger partial charge in [-0.25, -0.2) is 0 Å². The molecule has 2 nitrogen and oxygen atoms in total. The van der Waals surface area contributed by atoms with Gasteiger partial charge in [-0.2, -0.15) is 0 Å². The molecule has 1 radical (unpaired) electrons. The van der Waals surface area contributed by atoms with E-state index >= 15 is 0 Å². The van der Waals surface area contributed by atoms with Gasteiger partial charge in [-0.3, -0.25) is 0 Å². The number of aromatic nitrogens is 2. The van der Waals surface area contributed by atoms with Crippen molar-refractivity contribution in [2.24, 2.45) is 0 Å². The Hall–Kier alpha value is -3.95. The second-order valence-corrected chi connectivity index (χ2v) is 16.0. The summed E-state index contributed by atoms with van der Waals surface area (Å²) in [5.74, 6) is 0. The average Bonchev–Trinajstić information content (AvgIpc) is 3.09.